The van der Waals surface area contributed by atoms with Gasteiger partial charge in [0, 0.05) is 32.6 Å². The Morgan fingerprint density at radius 3 is 2.93 bits per heavy atom. The highest BCUT2D eigenvalue weighted by atomic mass is 16.3. The predicted octanol–water partition coefficient (Wildman–Crippen LogP) is -0.0786. The maximum atomic E-state index is 11.2. The SMILES string of the molecule is CC(=O)N1CCC[C@@H](N(C)CCO)C1. The average molecular weight is 200 g/mol. The summed E-state index contributed by atoms with van der Waals surface area (Å²) in [5.74, 6) is 0.159. The predicted molar refractivity (Wildman–Crippen MR) is 55.0 cm³/mol. The number of aliphatic hydroxyl groups excluding tert-OH is 1. The first-order chi connectivity index (χ1) is 6.65. The van der Waals surface area contributed by atoms with Crippen molar-refractivity contribution in [2.75, 3.05) is 33.3 Å². The zero-order valence-electron chi connectivity index (χ0n) is 9.07. The molecular weight excluding hydrogens is 180 g/mol. The van der Waals surface area contributed by atoms with Gasteiger partial charge in [0.05, 0.1) is 6.61 Å². The van der Waals surface area contributed by atoms with Gasteiger partial charge in [0.15, 0.2) is 0 Å². The molecule has 0 saturated carbocycles. The molecule has 1 saturated heterocycles. The summed E-state index contributed by atoms with van der Waals surface area (Å²) in [5, 5.41) is 8.82. The lowest BCUT2D eigenvalue weighted by Gasteiger charge is -2.37. The van der Waals surface area contributed by atoms with Crippen molar-refractivity contribution in [3.8, 4) is 0 Å². The molecule has 0 aliphatic carbocycles. The maximum absolute atomic E-state index is 11.2. The van der Waals surface area contributed by atoms with Gasteiger partial charge < -0.3 is 10.0 Å². The molecule has 1 atom stereocenters. The topological polar surface area (TPSA) is 43.8 Å². The van der Waals surface area contributed by atoms with Crippen LogP contribution in [0.2, 0.25) is 0 Å². The van der Waals surface area contributed by atoms with Crippen LogP contribution in [0, 0.1) is 0 Å². The van der Waals surface area contributed by atoms with Gasteiger partial charge in [-0.05, 0) is 19.9 Å². The van der Waals surface area contributed by atoms with Crippen molar-refractivity contribution in [3.05, 3.63) is 0 Å². The molecule has 1 rings (SSSR count). The van der Waals surface area contributed by atoms with Gasteiger partial charge >= 0.3 is 0 Å². The minimum Gasteiger partial charge on any atom is -0.395 e. The Bertz CT molecular complexity index is 197. The maximum Gasteiger partial charge on any atom is 0.219 e. The van der Waals surface area contributed by atoms with E-state index in [1.807, 2.05) is 11.9 Å². The fraction of sp³-hybridized carbons (Fsp3) is 0.900. The van der Waals surface area contributed by atoms with Crippen molar-refractivity contribution < 1.29 is 9.90 Å². The van der Waals surface area contributed by atoms with Crippen molar-refractivity contribution in [1.82, 2.24) is 9.80 Å². The zero-order chi connectivity index (χ0) is 10.6. The van der Waals surface area contributed by atoms with Crippen LogP contribution in [0.3, 0.4) is 0 Å². The van der Waals surface area contributed by atoms with E-state index < -0.39 is 0 Å². The molecule has 1 aliphatic rings. The summed E-state index contributed by atoms with van der Waals surface area (Å²) in [6.07, 6.45) is 2.19. The second-order valence-corrected chi connectivity index (χ2v) is 3.97. The van der Waals surface area contributed by atoms with Crippen LogP contribution in [0.1, 0.15) is 19.8 Å². The number of rotatable bonds is 3. The van der Waals surface area contributed by atoms with Crippen LogP contribution in [0.25, 0.3) is 0 Å². The molecule has 4 heteroatoms. The van der Waals surface area contributed by atoms with E-state index in [0.29, 0.717) is 12.6 Å². The van der Waals surface area contributed by atoms with Crippen molar-refractivity contribution >= 4 is 5.91 Å². The number of carbonyl (C=O) groups excluding carboxylic acids is 1. The number of hydrogen-bond acceptors (Lipinski definition) is 3. The Labute approximate surface area is 85.5 Å². The highest BCUT2D eigenvalue weighted by Crippen LogP contribution is 2.14. The monoisotopic (exact) mass is 200 g/mol. The van der Waals surface area contributed by atoms with Crippen LogP contribution in [0.15, 0.2) is 0 Å². The molecule has 0 radical (unpaired) electrons. The summed E-state index contributed by atoms with van der Waals surface area (Å²) in [4.78, 5) is 15.2. The van der Waals surface area contributed by atoms with Gasteiger partial charge in [-0.25, -0.2) is 0 Å². The standard InChI is InChI=1S/C10H20N2O2/c1-9(14)12-5-3-4-10(8-12)11(2)6-7-13/h10,13H,3-8H2,1-2H3/t10-/m1/s1. The minimum atomic E-state index is 0.159. The lowest BCUT2D eigenvalue weighted by molar-refractivity contribution is -0.130. The number of aliphatic hydroxyl groups is 1. The van der Waals surface area contributed by atoms with E-state index in [1.165, 1.54) is 0 Å². The van der Waals surface area contributed by atoms with Gasteiger partial charge in [-0.2, -0.15) is 0 Å². The second kappa shape index (κ2) is 5.32. The molecule has 0 spiro atoms. The van der Waals surface area contributed by atoms with Crippen molar-refractivity contribution in [1.29, 1.82) is 0 Å². The van der Waals surface area contributed by atoms with Gasteiger partial charge in [0.1, 0.15) is 0 Å². The van der Waals surface area contributed by atoms with Gasteiger partial charge in [0.25, 0.3) is 0 Å². The van der Waals surface area contributed by atoms with Crippen molar-refractivity contribution in [2.24, 2.45) is 0 Å². The van der Waals surface area contributed by atoms with Gasteiger partial charge in [-0.15, -0.1) is 0 Å². The Morgan fingerprint density at radius 1 is 1.64 bits per heavy atom. The molecule has 0 aromatic rings. The van der Waals surface area contributed by atoms with Gasteiger partial charge in [0.2, 0.25) is 5.91 Å². The molecular formula is C10H20N2O2. The quantitative estimate of drug-likeness (QED) is 0.693. The van der Waals surface area contributed by atoms with E-state index in [2.05, 4.69) is 4.90 Å². The molecule has 82 valence electrons. The first kappa shape index (κ1) is 11.5. The average Bonchev–Trinajstić information content (AvgIpc) is 2.18. The van der Waals surface area contributed by atoms with E-state index in [-0.39, 0.29) is 12.5 Å². The second-order valence-electron chi connectivity index (χ2n) is 3.97. The first-order valence-electron chi connectivity index (χ1n) is 5.21. The summed E-state index contributed by atoms with van der Waals surface area (Å²) in [7, 11) is 2.00. The number of nitrogens with zero attached hydrogens (tertiary/aromatic N) is 2. The van der Waals surface area contributed by atoms with Crippen LogP contribution < -0.4 is 0 Å². The Hall–Kier alpha value is -0.610. The summed E-state index contributed by atoms with van der Waals surface area (Å²) in [6, 6.07) is 0.416. The lowest BCUT2D eigenvalue weighted by Crippen LogP contribution is -2.48. The summed E-state index contributed by atoms with van der Waals surface area (Å²) in [6.45, 7) is 4.20. The lowest BCUT2D eigenvalue weighted by atomic mass is 10.0. The van der Waals surface area contributed by atoms with E-state index in [9.17, 15) is 4.79 Å². The highest BCUT2D eigenvalue weighted by molar-refractivity contribution is 5.73. The van der Waals surface area contributed by atoms with Crippen LogP contribution in [-0.4, -0.2) is 60.1 Å². The smallest absolute Gasteiger partial charge is 0.219 e. The molecule has 1 N–H and O–H groups in total. The largest absolute Gasteiger partial charge is 0.395 e. The fourth-order valence-electron chi connectivity index (χ4n) is 1.94. The van der Waals surface area contributed by atoms with Crippen molar-refractivity contribution in [3.63, 3.8) is 0 Å². The number of likely N-dealkylation sites (tertiary alicyclic amines) is 1. The Balaban J connectivity index is 2.43. The first-order valence-corrected chi connectivity index (χ1v) is 5.21. The van der Waals surface area contributed by atoms with Crippen molar-refractivity contribution in [2.45, 2.75) is 25.8 Å². The van der Waals surface area contributed by atoms with Crippen LogP contribution in [0.4, 0.5) is 0 Å². The Morgan fingerprint density at radius 2 is 2.36 bits per heavy atom. The molecule has 1 fully saturated rings. The third-order valence-electron chi connectivity index (χ3n) is 2.92. The number of carbonyl (C=O) groups is 1. The van der Waals surface area contributed by atoms with E-state index in [1.54, 1.807) is 6.92 Å². The van der Waals surface area contributed by atoms with Gasteiger partial charge in [-0.3, -0.25) is 9.69 Å². The minimum absolute atomic E-state index is 0.159. The molecule has 4 nitrogen and oxygen atoms in total. The highest BCUT2D eigenvalue weighted by Gasteiger charge is 2.23. The fourth-order valence-corrected chi connectivity index (χ4v) is 1.94. The van der Waals surface area contributed by atoms with E-state index >= 15 is 0 Å². The third-order valence-corrected chi connectivity index (χ3v) is 2.92. The molecule has 1 amide bonds. The summed E-state index contributed by atoms with van der Waals surface area (Å²) >= 11 is 0. The van der Waals surface area contributed by atoms with E-state index in [4.69, 9.17) is 5.11 Å². The third kappa shape index (κ3) is 2.96. The zero-order valence-corrected chi connectivity index (χ0v) is 9.07. The molecule has 1 heterocycles. The molecule has 0 aromatic heterocycles. The summed E-state index contributed by atoms with van der Waals surface area (Å²) in [5.41, 5.74) is 0. The Kier molecular flexibility index (Phi) is 4.35. The number of likely N-dealkylation sites (N-methyl/N-ethyl adjacent to an activating group) is 1. The van der Waals surface area contributed by atoms with E-state index in [0.717, 1.165) is 25.9 Å². The van der Waals surface area contributed by atoms with Crippen LogP contribution >= 0.6 is 0 Å². The number of hydrogen-bond donors (Lipinski definition) is 1. The summed E-state index contributed by atoms with van der Waals surface area (Å²) < 4.78 is 0. The molecule has 0 aromatic carbocycles. The molecule has 0 bridgehead atoms. The molecule has 1 aliphatic heterocycles. The van der Waals surface area contributed by atoms with Gasteiger partial charge in [-0.1, -0.05) is 0 Å². The van der Waals surface area contributed by atoms with Crippen LogP contribution in [0.5, 0.6) is 0 Å². The molecule has 14 heavy (non-hydrogen) atoms. The number of piperidine rings is 1. The van der Waals surface area contributed by atoms with Crippen LogP contribution in [-0.2, 0) is 4.79 Å². The number of amides is 1. The molecule has 0 unspecified atom stereocenters. The normalized spacial score (nSPS) is 22.9.